The van der Waals surface area contributed by atoms with Gasteiger partial charge in [-0.05, 0) is 26.3 Å². The van der Waals surface area contributed by atoms with Crippen molar-refractivity contribution in [1.29, 1.82) is 0 Å². The molecule has 0 unspecified atom stereocenters. The topological polar surface area (TPSA) is 41.6 Å². The Morgan fingerprint density at radius 3 is 2.53 bits per heavy atom. The molecule has 1 atom stereocenters. The second kappa shape index (κ2) is 4.94. The second-order valence-electron chi connectivity index (χ2n) is 6.42. The van der Waals surface area contributed by atoms with Crippen LogP contribution >= 0.6 is 0 Å². The maximum Gasteiger partial charge on any atom is 0.225 e. The zero-order chi connectivity index (χ0) is 13.3. The van der Waals surface area contributed by atoms with E-state index >= 15 is 0 Å². The van der Waals surface area contributed by atoms with Gasteiger partial charge in [0, 0.05) is 26.7 Å². The quantitative estimate of drug-likeness (QED) is 0.803. The van der Waals surface area contributed by atoms with Gasteiger partial charge in [0.2, 0.25) is 5.91 Å². The number of nitrogens with one attached hydrogen (secondary N) is 1. The van der Waals surface area contributed by atoms with Crippen molar-refractivity contribution in [2.75, 3.05) is 33.8 Å². The number of nitrogens with zero attached hydrogens (tertiary/aromatic N) is 1. The fraction of sp³-hybridized carbons (Fsp3) is 0.923. The summed E-state index contributed by atoms with van der Waals surface area (Å²) in [5.74, 6) is 0.213. The Hall–Kier alpha value is -0.610. The third-order valence-electron chi connectivity index (χ3n) is 3.67. The van der Waals surface area contributed by atoms with E-state index in [0.717, 1.165) is 13.1 Å². The highest BCUT2D eigenvalue weighted by atomic mass is 16.5. The smallest absolute Gasteiger partial charge is 0.225 e. The fourth-order valence-electron chi connectivity index (χ4n) is 2.36. The second-order valence-corrected chi connectivity index (χ2v) is 6.42. The molecule has 0 aromatic carbocycles. The molecule has 0 saturated carbocycles. The largest absolute Gasteiger partial charge is 0.377 e. The Morgan fingerprint density at radius 2 is 2.12 bits per heavy atom. The van der Waals surface area contributed by atoms with Crippen LogP contribution < -0.4 is 5.32 Å². The van der Waals surface area contributed by atoms with Crippen LogP contribution in [0.1, 0.15) is 27.7 Å². The SMILES string of the molecule is COC(C)(C)CNC(=O)[C@@H]1CN(C)CC1(C)C. The lowest BCUT2D eigenvalue weighted by Gasteiger charge is -2.28. The molecule has 0 radical (unpaired) electrons. The van der Waals surface area contributed by atoms with Crippen LogP contribution in [0.5, 0.6) is 0 Å². The minimum atomic E-state index is -0.301. The molecule has 17 heavy (non-hydrogen) atoms. The number of rotatable bonds is 4. The number of carbonyl (C=O) groups excluding carboxylic acids is 1. The van der Waals surface area contributed by atoms with Crippen molar-refractivity contribution < 1.29 is 9.53 Å². The Kier molecular flexibility index (Phi) is 4.20. The van der Waals surface area contributed by atoms with Gasteiger partial charge in [-0.1, -0.05) is 13.8 Å². The lowest BCUT2D eigenvalue weighted by Crippen LogP contribution is -2.45. The average Bonchev–Trinajstić information content (AvgIpc) is 2.48. The van der Waals surface area contributed by atoms with Crippen molar-refractivity contribution in [3.63, 3.8) is 0 Å². The standard InChI is InChI=1S/C13H26N2O2/c1-12(2)9-15(5)7-10(12)11(16)14-8-13(3,4)17-6/h10H,7-9H2,1-6H3,(H,14,16)/t10-/m0/s1. The van der Waals surface area contributed by atoms with Gasteiger partial charge in [-0.25, -0.2) is 0 Å². The molecule has 1 N–H and O–H groups in total. The van der Waals surface area contributed by atoms with Crippen LogP contribution in [0, 0.1) is 11.3 Å². The van der Waals surface area contributed by atoms with E-state index in [-0.39, 0.29) is 22.8 Å². The summed E-state index contributed by atoms with van der Waals surface area (Å²) in [6.45, 7) is 10.6. The lowest BCUT2D eigenvalue weighted by molar-refractivity contribution is -0.128. The first-order chi connectivity index (χ1) is 7.68. The molecule has 1 aliphatic rings. The van der Waals surface area contributed by atoms with Crippen molar-refractivity contribution in [3.05, 3.63) is 0 Å². The molecular weight excluding hydrogens is 216 g/mol. The highest BCUT2D eigenvalue weighted by Gasteiger charge is 2.42. The molecule has 4 heteroatoms. The number of amides is 1. The normalized spacial score (nSPS) is 24.9. The van der Waals surface area contributed by atoms with Crippen LogP contribution in [0.3, 0.4) is 0 Å². The predicted molar refractivity (Wildman–Crippen MR) is 68.9 cm³/mol. The Balaban J connectivity index is 2.54. The maximum atomic E-state index is 12.2. The summed E-state index contributed by atoms with van der Waals surface area (Å²) in [5, 5.41) is 3.00. The Labute approximate surface area is 105 Å². The third kappa shape index (κ3) is 3.68. The molecule has 0 spiro atoms. The van der Waals surface area contributed by atoms with Gasteiger partial charge in [0.15, 0.2) is 0 Å². The highest BCUT2D eigenvalue weighted by molar-refractivity contribution is 5.80. The van der Waals surface area contributed by atoms with E-state index < -0.39 is 0 Å². The Bertz CT molecular complexity index is 287. The van der Waals surface area contributed by atoms with Gasteiger partial charge in [-0.2, -0.15) is 0 Å². The van der Waals surface area contributed by atoms with Crippen molar-refractivity contribution >= 4 is 5.91 Å². The summed E-state index contributed by atoms with van der Waals surface area (Å²) in [5.41, 5.74) is -0.250. The van der Waals surface area contributed by atoms with Gasteiger partial charge in [0.1, 0.15) is 0 Å². The summed E-state index contributed by atoms with van der Waals surface area (Å²) in [7, 11) is 3.73. The van der Waals surface area contributed by atoms with Crippen LogP contribution in [0.4, 0.5) is 0 Å². The highest BCUT2D eigenvalue weighted by Crippen LogP contribution is 2.34. The number of hydrogen-bond donors (Lipinski definition) is 1. The predicted octanol–water partition coefficient (Wildman–Crippen LogP) is 1.12. The van der Waals surface area contributed by atoms with Crippen LogP contribution in [-0.2, 0) is 9.53 Å². The van der Waals surface area contributed by atoms with Crippen LogP contribution in [-0.4, -0.2) is 50.2 Å². The van der Waals surface area contributed by atoms with Gasteiger partial charge in [0.05, 0.1) is 11.5 Å². The van der Waals surface area contributed by atoms with E-state index in [9.17, 15) is 4.79 Å². The minimum absolute atomic E-state index is 0.0516. The van der Waals surface area contributed by atoms with E-state index in [4.69, 9.17) is 4.74 Å². The number of hydrogen-bond acceptors (Lipinski definition) is 3. The Morgan fingerprint density at radius 1 is 1.53 bits per heavy atom. The average molecular weight is 242 g/mol. The minimum Gasteiger partial charge on any atom is -0.377 e. The third-order valence-corrected chi connectivity index (χ3v) is 3.67. The van der Waals surface area contributed by atoms with Crippen LogP contribution in [0.25, 0.3) is 0 Å². The van der Waals surface area contributed by atoms with Gasteiger partial charge in [-0.15, -0.1) is 0 Å². The van der Waals surface area contributed by atoms with E-state index in [2.05, 4.69) is 31.1 Å². The number of likely N-dealkylation sites (tertiary alicyclic amines) is 1. The van der Waals surface area contributed by atoms with Gasteiger partial charge in [0.25, 0.3) is 0 Å². The van der Waals surface area contributed by atoms with Crippen molar-refractivity contribution in [2.24, 2.45) is 11.3 Å². The molecule has 1 rings (SSSR count). The zero-order valence-electron chi connectivity index (χ0n) is 12.0. The first-order valence-corrected chi connectivity index (χ1v) is 6.19. The molecule has 0 aliphatic carbocycles. The van der Waals surface area contributed by atoms with Gasteiger partial charge in [-0.3, -0.25) is 4.79 Å². The number of ether oxygens (including phenoxy) is 1. The van der Waals surface area contributed by atoms with Crippen molar-refractivity contribution in [1.82, 2.24) is 10.2 Å². The maximum absolute atomic E-state index is 12.2. The van der Waals surface area contributed by atoms with Gasteiger partial charge >= 0.3 is 0 Å². The number of methoxy groups -OCH3 is 1. The monoisotopic (exact) mass is 242 g/mol. The molecule has 1 aliphatic heterocycles. The fourth-order valence-corrected chi connectivity index (χ4v) is 2.36. The molecule has 4 nitrogen and oxygen atoms in total. The zero-order valence-corrected chi connectivity index (χ0v) is 12.0. The van der Waals surface area contributed by atoms with Crippen molar-refractivity contribution in [3.8, 4) is 0 Å². The molecule has 0 aromatic heterocycles. The van der Waals surface area contributed by atoms with E-state index in [1.165, 1.54) is 0 Å². The summed E-state index contributed by atoms with van der Waals surface area (Å²) < 4.78 is 5.30. The summed E-state index contributed by atoms with van der Waals surface area (Å²) in [4.78, 5) is 14.4. The molecule has 1 fully saturated rings. The lowest BCUT2D eigenvalue weighted by atomic mass is 9.81. The molecule has 100 valence electrons. The first kappa shape index (κ1) is 14.5. The first-order valence-electron chi connectivity index (χ1n) is 6.19. The van der Waals surface area contributed by atoms with E-state index in [1.54, 1.807) is 7.11 Å². The molecule has 1 heterocycles. The van der Waals surface area contributed by atoms with E-state index in [1.807, 2.05) is 13.8 Å². The molecule has 0 aromatic rings. The summed E-state index contributed by atoms with van der Waals surface area (Å²) >= 11 is 0. The van der Waals surface area contributed by atoms with Crippen molar-refractivity contribution in [2.45, 2.75) is 33.3 Å². The molecular formula is C13H26N2O2. The summed E-state index contributed by atoms with van der Waals surface area (Å²) in [6.07, 6.45) is 0. The number of carbonyl (C=O) groups is 1. The van der Waals surface area contributed by atoms with Crippen LogP contribution in [0.2, 0.25) is 0 Å². The van der Waals surface area contributed by atoms with E-state index in [0.29, 0.717) is 6.54 Å². The van der Waals surface area contributed by atoms with Gasteiger partial charge < -0.3 is 15.0 Å². The summed E-state index contributed by atoms with van der Waals surface area (Å²) in [6, 6.07) is 0. The molecule has 0 bridgehead atoms. The molecule has 1 saturated heterocycles. The molecule has 1 amide bonds. The van der Waals surface area contributed by atoms with Crippen LogP contribution in [0.15, 0.2) is 0 Å².